The third-order valence-corrected chi connectivity index (χ3v) is 8.32. The van der Waals surface area contributed by atoms with Crippen LogP contribution in [0.2, 0.25) is 0 Å². The van der Waals surface area contributed by atoms with Crippen molar-refractivity contribution in [3.63, 3.8) is 0 Å². The van der Waals surface area contributed by atoms with Gasteiger partial charge in [0.15, 0.2) is 0 Å². The molecule has 0 saturated heterocycles. The molecule has 1 heterocycles. The normalized spacial score (nSPS) is 18.2. The fraction of sp³-hybridized carbons (Fsp3) is 0.0556. The summed E-state index contributed by atoms with van der Waals surface area (Å²) in [6.07, 6.45) is 6.81. The Morgan fingerprint density at radius 3 is 1.95 bits per heavy atom. The minimum Gasteiger partial charge on any atom is -0.130 e. The second kappa shape index (κ2) is 6.99. The van der Waals surface area contributed by atoms with Crippen LogP contribution in [0.25, 0.3) is 4.91 Å². The molecule has 21 heavy (non-hydrogen) atoms. The lowest BCUT2D eigenvalue weighted by Crippen LogP contribution is -2.01. The number of benzene rings is 2. The molecule has 0 bridgehead atoms. The number of rotatable bonds is 3. The van der Waals surface area contributed by atoms with Gasteiger partial charge in [0.25, 0.3) is 0 Å². The molecule has 3 heteroatoms. The summed E-state index contributed by atoms with van der Waals surface area (Å²) in [6.45, 7) is 0. The first kappa shape index (κ1) is 15.1. The van der Waals surface area contributed by atoms with Crippen LogP contribution in [-0.4, -0.2) is 11.1 Å². The minimum absolute atomic E-state index is 0.0680. The van der Waals surface area contributed by atoms with Crippen molar-refractivity contribution in [1.29, 1.82) is 0 Å². The molecule has 0 fully saturated rings. The van der Waals surface area contributed by atoms with Crippen molar-refractivity contribution in [3.8, 4) is 0 Å². The van der Waals surface area contributed by atoms with Crippen LogP contribution in [0.15, 0.2) is 77.7 Å². The molecule has 1 aliphatic heterocycles. The quantitative estimate of drug-likeness (QED) is 0.424. The van der Waals surface area contributed by atoms with Gasteiger partial charge in [-0.15, -0.1) is 11.8 Å². The molecule has 1 aliphatic rings. The molecule has 2 aromatic rings. The van der Waals surface area contributed by atoms with E-state index in [2.05, 4.69) is 100 Å². The zero-order chi connectivity index (χ0) is 14.7. The Hall–Kier alpha value is -0.780. The lowest BCUT2D eigenvalue weighted by molar-refractivity contribution is 1.64. The molecule has 0 nitrogen and oxygen atoms in total. The van der Waals surface area contributed by atoms with E-state index < -0.39 is 0 Å². The fourth-order valence-electron chi connectivity index (χ4n) is 2.22. The predicted octanol–water partition coefficient (Wildman–Crippen LogP) is 6.13. The third-order valence-electron chi connectivity index (χ3n) is 3.29. The Bertz CT molecular complexity index is 728. The highest BCUT2D eigenvalue weighted by Gasteiger charge is 2.15. The van der Waals surface area contributed by atoms with Crippen molar-refractivity contribution < 1.29 is 0 Å². The van der Waals surface area contributed by atoms with Gasteiger partial charge < -0.3 is 0 Å². The maximum atomic E-state index is 2.58. The Morgan fingerprint density at radius 2 is 1.38 bits per heavy atom. The van der Waals surface area contributed by atoms with E-state index >= 15 is 0 Å². The molecule has 0 aromatic heterocycles. The van der Waals surface area contributed by atoms with Gasteiger partial charge in [-0.05, 0) is 50.7 Å². The SMILES string of the molecule is CSC1=CC(c2ccccc2)=S(I)C(c2ccccc2)=C1. The number of hydrogen-bond donors (Lipinski definition) is 0. The zero-order valence-corrected chi connectivity index (χ0v) is 15.4. The first-order valence-corrected chi connectivity index (χ1v) is 11.6. The highest BCUT2D eigenvalue weighted by Crippen LogP contribution is 2.47. The standard InChI is InChI=1S/C18H15IS2/c1-20-16-12-17(14-8-4-2-5-9-14)21(19)18(13-16)15-10-6-3-7-11-15/h2-13H,1H3. The summed E-state index contributed by atoms with van der Waals surface area (Å²) in [6, 6.07) is 21.4. The van der Waals surface area contributed by atoms with Gasteiger partial charge in [0, 0.05) is 14.7 Å². The maximum Gasteiger partial charge on any atom is 0.0203 e. The molecule has 3 rings (SSSR count). The summed E-state index contributed by atoms with van der Waals surface area (Å²) in [7, 11) is 0.0680. The van der Waals surface area contributed by atoms with Crippen molar-refractivity contribution in [1.82, 2.24) is 0 Å². The minimum atomic E-state index is 0.0680. The van der Waals surface area contributed by atoms with Gasteiger partial charge in [0.05, 0.1) is 0 Å². The van der Waals surface area contributed by atoms with Crippen LogP contribution in [0.3, 0.4) is 0 Å². The maximum absolute atomic E-state index is 2.58. The smallest absolute Gasteiger partial charge is 0.0203 e. The molecular formula is C18H15IS2. The first-order valence-electron chi connectivity index (χ1n) is 6.65. The van der Waals surface area contributed by atoms with Crippen LogP contribution in [-0.2, 0) is 0 Å². The Labute approximate surface area is 144 Å². The van der Waals surface area contributed by atoms with Crippen LogP contribution in [0.5, 0.6) is 0 Å². The van der Waals surface area contributed by atoms with Crippen molar-refractivity contribution in [2.45, 2.75) is 0 Å². The van der Waals surface area contributed by atoms with Crippen LogP contribution in [0.4, 0.5) is 0 Å². The number of thioether (sulfide) groups is 1. The topological polar surface area (TPSA) is 0 Å². The average molecular weight is 422 g/mol. The van der Waals surface area contributed by atoms with Crippen LogP contribution in [0, 0.1) is 0 Å². The van der Waals surface area contributed by atoms with Crippen LogP contribution < -0.4 is 0 Å². The van der Waals surface area contributed by atoms with Crippen LogP contribution in [0.1, 0.15) is 11.1 Å². The van der Waals surface area contributed by atoms with E-state index in [4.69, 9.17) is 0 Å². The first-order chi connectivity index (χ1) is 10.3. The van der Waals surface area contributed by atoms with E-state index in [0.717, 1.165) is 0 Å². The van der Waals surface area contributed by atoms with Crippen LogP contribution >= 0.6 is 40.6 Å². The Morgan fingerprint density at radius 1 is 0.810 bits per heavy atom. The molecule has 2 aromatic carbocycles. The van der Waals surface area contributed by atoms with E-state index in [1.54, 1.807) is 0 Å². The van der Waals surface area contributed by atoms with E-state index in [-0.39, 0.29) is 7.66 Å². The molecule has 0 amide bonds. The monoisotopic (exact) mass is 422 g/mol. The molecule has 0 radical (unpaired) electrons. The molecular weight excluding hydrogens is 407 g/mol. The van der Waals surface area contributed by atoms with E-state index in [1.807, 2.05) is 11.8 Å². The van der Waals surface area contributed by atoms with Gasteiger partial charge in [-0.25, -0.2) is 0 Å². The molecule has 0 N–H and O–H groups in total. The summed E-state index contributed by atoms with van der Waals surface area (Å²) in [5, 5.41) is 0. The van der Waals surface area contributed by atoms with Gasteiger partial charge in [-0.1, -0.05) is 68.3 Å². The summed E-state index contributed by atoms with van der Waals surface area (Å²) >= 11 is 4.39. The molecule has 0 aliphatic carbocycles. The van der Waals surface area contributed by atoms with E-state index in [9.17, 15) is 0 Å². The van der Waals surface area contributed by atoms with Crippen molar-refractivity contribution in [3.05, 3.63) is 88.8 Å². The average Bonchev–Trinajstić information content (AvgIpc) is 2.57. The molecule has 1 atom stereocenters. The summed E-state index contributed by atoms with van der Waals surface area (Å²) in [4.78, 5) is 4.16. The summed E-state index contributed by atoms with van der Waals surface area (Å²) < 4.78 is 0. The van der Waals surface area contributed by atoms with Crippen molar-refractivity contribution in [2.24, 2.45) is 0 Å². The van der Waals surface area contributed by atoms with Crippen molar-refractivity contribution >= 4 is 50.4 Å². The number of allylic oxidation sites excluding steroid dienone is 2. The zero-order valence-electron chi connectivity index (χ0n) is 11.6. The largest absolute Gasteiger partial charge is 0.130 e. The van der Waals surface area contributed by atoms with Gasteiger partial charge >= 0.3 is 0 Å². The van der Waals surface area contributed by atoms with Gasteiger partial charge in [-0.3, -0.25) is 0 Å². The lowest BCUT2D eigenvalue weighted by atomic mass is 10.1. The Balaban J connectivity index is 2.16. The number of halogens is 1. The Kier molecular flexibility index (Phi) is 5.03. The second-order valence-corrected chi connectivity index (χ2v) is 9.53. The van der Waals surface area contributed by atoms with Gasteiger partial charge in [-0.2, -0.15) is 0 Å². The molecule has 1 unspecified atom stereocenters. The predicted molar refractivity (Wildman–Crippen MR) is 108 cm³/mol. The van der Waals surface area contributed by atoms with Gasteiger partial charge in [0.2, 0.25) is 0 Å². The molecule has 0 spiro atoms. The fourth-order valence-corrected chi connectivity index (χ4v) is 6.51. The highest BCUT2D eigenvalue weighted by molar-refractivity contribution is 14.2. The summed E-state index contributed by atoms with van der Waals surface area (Å²) in [5.41, 5.74) is 2.65. The second-order valence-electron chi connectivity index (χ2n) is 4.61. The van der Waals surface area contributed by atoms with Gasteiger partial charge in [0.1, 0.15) is 0 Å². The van der Waals surface area contributed by atoms with E-state index in [1.165, 1.54) is 25.8 Å². The third kappa shape index (κ3) is 3.35. The molecule has 106 valence electrons. The molecule has 0 saturated carbocycles. The van der Waals surface area contributed by atoms with Crippen molar-refractivity contribution in [2.75, 3.05) is 6.26 Å². The lowest BCUT2D eigenvalue weighted by Gasteiger charge is -2.18. The highest BCUT2D eigenvalue weighted by atomic mass is 127. The van der Waals surface area contributed by atoms with E-state index in [0.29, 0.717) is 0 Å². The number of hydrogen-bond acceptors (Lipinski definition) is 1. The summed E-state index contributed by atoms with van der Waals surface area (Å²) in [5.74, 6) is 0.